The van der Waals surface area contributed by atoms with Crippen molar-refractivity contribution in [3.63, 3.8) is 0 Å². The Morgan fingerprint density at radius 3 is 2.92 bits per heavy atom. The number of hydrogen-bond donors (Lipinski definition) is 2. The van der Waals surface area contributed by atoms with Gasteiger partial charge in [-0.15, -0.1) is 0 Å². The van der Waals surface area contributed by atoms with Crippen molar-refractivity contribution in [2.24, 2.45) is 0 Å². The van der Waals surface area contributed by atoms with E-state index in [1.807, 2.05) is 0 Å². The lowest BCUT2D eigenvalue weighted by molar-refractivity contribution is -0.120. The van der Waals surface area contributed by atoms with Crippen molar-refractivity contribution in [2.45, 2.75) is 6.42 Å². The average molecular weight is 172 g/mol. The molecule has 0 spiro atoms. The molecule has 0 aromatic carbocycles. The first kappa shape index (κ1) is 10.9. The summed E-state index contributed by atoms with van der Waals surface area (Å²) in [4.78, 5) is 10.6. The SMILES string of the molecule is N#CCC(=O)NCCOCCO. The lowest BCUT2D eigenvalue weighted by atomic mass is 10.4. The topological polar surface area (TPSA) is 82.4 Å². The molecule has 0 heterocycles. The number of carbonyl (C=O) groups is 1. The zero-order chi connectivity index (χ0) is 9.23. The monoisotopic (exact) mass is 172 g/mol. The molecule has 5 nitrogen and oxygen atoms in total. The van der Waals surface area contributed by atoms with Crippen LogP contribution in [0, 0.1) is 11.3 Å². The summed E-state index contributed by atoms with van der Waals surface area (Å²) in [6, 6.07) is 1.73. The summed E-state index contributed by atoms with van der Waals surface area (Å²) in [5, 5.41) is 18.9. The van der Waals surface area contributed by atoms with Crippen LogP contribution in [0.5, 0.6) is 0 Å². The minimum atomic E-state index is -0.301. The number of aliphatic hydroxyl groups excluding tert-OH is 1. The van der Waals surface area contributed by atoms with Gasteiger partial charge < -0.3 is 15.2 Å². The Hall–Kier alpha value is -1.12. The fraction of sp³-hybridized carbons (Fsp3) is 0.714. The normalized spacial score (nSPS) is 9.00. The van der Waals surface area contributed by atoms with Crippen molar-refractivity contribution in [2.75, 3.05) is 26.4 Å². The first-order chi connectivity index (χ1) is 5.81. The van der Waals surface area contributed by atoms with Gasteiger partial charge in [0.1, 0.15) is 6.42 Å². The van der Waals surface area contributed by atoms with E-state index in [0.29, 0.717) is 13.2 Å². The molecule has 12 heavy (non-hydrogen) atoms. The third-order valence-corrected chi connectivity index (χ3v) is 1.04. The highest BCUT2D eigenvalue weighted by Gasteiger charge is 1.96. The van der Waals surface area contributed by atoms with E-state index in [1.165, 1.54) is 0 Å². The highest BCUT2D eigenvalue weighted by Crippen LogP contribution is 1.76. The van der Waals surface area contributed by atoms with Gasteiger partial charge in [-0.2, -0.15) is 5.26 Å². The molecule has 0 bridgehead atoms. The van der Waals surface area contributed by atoms with E-state index in [0.717, 1.165) is 0 Å². The van der Waals surface area contributed by atoms with Gasteiger partial charge >= 0.3 is 0 Å². The minimum absolute atomic E-state index is 0.0217. The van der Waals surface area contributed by atoms with E-state index in [2.05, 4.69) is 5.32 Å². The van der Waals surface area contributed by atoms with Crippen LogP contribution in [0.15, 0.2) is 0 Å². The van der Waals surface area contributed by atoms with E-state index in [9.17, 15) is 4.79 Å². The molecule has 0 aliphatic carbocycles. The molecule has 0 aromatic heterocycles. The van der Waals surface area contributed by atoms with E-state index < -0.39 is 0 Å². The van der Waals surface area contributed by atoms with Crippen molar-refractivity contribution in [1.82, 2.24) is 5.32 Å². The van der Waals surface area contributed by atoms with Crippen LogP contribution in [0.4, 0.5) is 0 Å². The first-order valence-electron chi connectivity index (χ1n) is 3.63. The summed E-state index contributed by atoms with van der Waals surface area (Å²) in [6.45, 7) is 0.985. The number of rotatable bonds is 6. The number of aliphatic hydroxyl groups is 1. The van der Waals surface area contributed by atoms with Gasteiger partial charge in [0.05, 0.1) is 25.9 Å². The summed E-state index contributed by atoms with van der Waals surface area (Å²) >= 11 is 0. The fourth-order valence-electron chi connectivity index (χ4n) is 0.564. The molecular weight excluding hydrogens is 160 g/mol. The van der Waals surface area contributed by atoms with Crippen molar-refractivity contribution in [1.29, 1.82) is 5.26 Å². The van der Waals surface area contributed by atoms with E-state index >= 15 is 0 Å². The summed E-state index contributed by atoms with van der Waals surface area (Å²) in [5.41, 5.74) is 0. The first-order valence-corrected chi connectivity index (χ1v) is 3.63. The molecule has 68 valence electrons. The standard InChI is InChI=1S/C7H12N2O3/c8-2-1-7(11)9-3-5-12-6-4-10/h10H,1,3-6H2,(H,9,11). The Balaban J connectivity index is 3.10. The highest BCUT2D eigenvalue weighted by atomic mass is 16.5. The summed E-state index contributed by atoms with van der Waals surface area (Å²) < 4.78 is 4.86. The molecule has 0 aliphatic rings. The second-order valence-corrected chi connectivity index (χ2v) is 2.02. The molecule has 0 aromatic rings. The molecule has 0 radical (unpaired) electrons. The van der Waals surface area contributed by atoms with Gasteiger partial charge in [-0.1, -0.05) is 0 Å². The van der Waals surface area contributed by atoms with Gasteiger partial charge in [-0.05, 0) is 0 Å². The fourth-order valence-corrected chi connectivity index (χ4v) is 0.564. The smallest absolute Gasteiger partial charge is 0.234 e. The van der Waals surface area contributed by atoms with Crippen LogP contribution >= 0.6 is 0 Å². The third kappa shape index (κ3) is 6.99. The maximum atomic E-state index is 10.6. The second-order valence-electron chi connectivity index (χ2n) is 2.02. The Bertz CT molecular complexity index is 165. The van der Waals surface area contributed by atoms with Crippen LogP contribution < -0.4 is 5.32 Å². The summed E-state index contributed by atoms with van der Waals surface area (Å²) in [5.74, 6) is -0.301. The van der Waals surface area contributed by atoms with Crippen LogP contribution in [0.1, 0.15) is 6.42 Å². The third-order valence-electron chi connectivity index (χ3n) is 1.04. The number of nitrogens with zero attached hydrogens (tertiary/aromatic N) is 1. The molecule has 5 heteroatoms. The molecule has 0 fully saturated rings. The molecule has 0 rings (SSSR count). The van der Waals surface area contributed by atoms with Crippen LogP contribution in [-0.4, -0.2) is 37.4 Å². The Morgan fingerprint density at radius 1 is 1.58 bits per heavy atom. The molecule has 0 unspecified atom stereocenters. The Morgan fingerprint density at radius 2 is 2.33 bits per heavy atom. The number of nitrogens with one attached hydrogen (secondary N) is 1. The highest BCUT2D eigenvalue weighted by molar-refractivity contribution is 5.77. The Labute approximate surface area is 70.9 Å². The van der Waals surface area contributed by atoms with Crippen LogP contribution in [0.2, 0.25) is 0 Å². The van der Waals surface area contributed by atoms with Gasteiger partial charge in [-0.3, -0.25) is 4.79 Å². The predicted molar refractivity (Wildman–Crippen MR) is 41.1 cm³/mol. The van der Waals surface area contributed by atoms with Crippen LogP contribution in [0.3, 0.4) is 0 Å². The van der Waals surface area contributed by atoms with Gasteiger partial charge in [-0.25, -0.2) is 0 Å². The number of carbonyl (C=O) groups excluding carboxylic acids is 1. The van der Waals surface area contributed by atoms with Crippen molar-refractivity contribution >= 4 is 5.91 Å². The largest absolute Gasteiger partial charge is 0.394 e. The van der Waals surface area contributed by atoms with E-state index in [1.54, 1.807) is 6.07 Å². The van der Waals surface area contributed by atoms with Gasteiger partial charge in [0, 0.05) is 6.54 Å². The summed E-state index contributed by atoms with van der Waals surface area (Å²) in [6.07, 6.45) is -0.125. The average Bonchev–Trinajstić information content (AvgIpc) is 2.05. The van der Waals surface area contributed by atoms with Crippen LogP contribution in [0.25, 0.3) is 0 Å². The van der Waals surface area contributed by atoms with Crippen molar-refractivity contribution in [3.05, 3.63) is 0 Å². The zero-order valence-electron chi connectivity index (χ0n) is 6.75. The number of nitriles is 1. The lowest BCUT2D eigenvalue weighted by Gasteiger charge is -2.02. The molecule has 1 amide bonds. The van der Waals surface area contributed by atoms with Gasteiger partial charge in [0.15, 0.2) is 0 Å². The number of hydrogen-bond acceptors (Lipinski definition) is 4. The minimum Gasteiger partial charge on any atom is -0.394 e. The molecular formula is C7H12N2O3. The molecule has 0 aliphatic heterocycles. The van der Waals surface area contributed by atoms with E-state index in [-0.39, 0.29) is 25.5 Å². The maximum absolute atomic E-state index is 10.6. The van der Waals surface area contributed by atoms with Gasteiger partial charge in [0.2, 0.25) is 5.91 Å². The quantitative estimate of drug-likeness (QED) is 0.505. The zero-order valence-corrected chi connectivity index (χ0v) is 6.75. The number of ether oxygens (including phenoxy) is 1. The lowest BCUT2D eigenvalue weighted by Crippen LogP contribution is -2.26. The van der Waals surface area contributed by atoms with Gasteiger partial charge in [0.25, 0.3) is 0 Å². The maximum Gasteiger partial charge on any atom is 0.234 e. The van der Waals surface area contributed by atoms with Crippen LogP contribution in [-0.2, 0) is 9.53 Å². The summed E-state index contributed by atoms with van der Waals surface area (Å²) in [7, 11) is 0. The van der Waals surface area contributed by atoms with Crippen molar-refractivity contribution < 1.29 is 14.6 Å². The molecule has 0 saturated heterocycles. The van der Waals surface area contributed by atoms with Crippen molar-refractivity contribution in [3.8, 4) is 6.07 Å². The molecule has 0 atom stereocenters. The molecule has 0 saturated carbocycles. The molecule has 2 N–H and O–H groups in total. The van der Waals surface area contributed by atoms with E-state index in [4.69, 9.17) is 15.1 Å². The second kappa shape index (κ2) is 7.98. The number of amides is 1. The Kier molecular flexibility index (Phi) is 7.24. The predicted octanol–water partition coefficient (Wildman–Crippen LogP) is -0.975.